The Balaban J connectivity index is 1.97. The number of para-hydroxylation sites is 1. The number of benzene rings is 2. The SMILES string of the molecule is Cc1nc2cc(N=Cc3cccc([N+](=O)[O-])c3[O-])ccc2n1C. The van der Waals surface area contributed by atoms with Crippen LogP contribution in [0.25, 0.3) is 11.0 Å². The maximum absolute atomic E-state index is 11.9. The molecule has 0 aliphatic carbocycles. The molecule has 3 rings (SSSR count). The van der Waals surface area contributed by atoms with Crippen molar-refractivity contribution in [3.63, 3.8) is 0 Å². The summed E-state index contributed by atoms with van der Waals surface area (Å²) in [7, 11) is 1.93. The van der Waals surface area contributed by atoms with E-state index in [0.29, 0.717) is 5.69 Å². The zero-order valence-corrected chi connectivity index (χ0v) is 12.6. The molecule has 0 saturated carbocycles. The summed E-state index contributed by atoms with van der Waals surface area (Å²) in [5, 5.41) is 22.7. The topological polar surface area (TPSA) is 96.4 Å². The second-order valence-electron chi connectivity index (χ2n) is 5.10. The number of aryl methyl sites for hydroxylation is 2. The van der Waals surface area contributed by atoms with E-state index in [1.165, 1.54) is 24.4 Å². The Kier molecular flexibility index (Phi) is 3.53. The molecule has 0 saturated heterocycles. The molecule has 0 aliphatic rings. The summed E-state index contributed by atoms with van der Waals surface area (Å²) in [6.07, 6.45) is 1.34. The molecule has 1 heterocycles. The summed E-state index contributed by atoms with van der Waals surface area (Å²) < 4.78 is 1.97. The van der Waals surface area contributed by atoms with Crippen LogP contribution in [0.2, 0.25) is 0 Å². The Morgan fingerprint density at radius 3 is 2.83 bits per heavy atom. The number of hydrogen-bond acceptors (Lipinski definition) is 5. The maximum Gasteiger partial charge on any atom is 0.262 e. The largest absolute Gasteiger partial charge is 0.867 e. The quantitative estimate of drug-likeness (QED) is 0.422. The van der Waals surface area contributed by atoms with Gasteiger partial charge in [0.15, 0.2) is 0 Å². The van der Waals surface area contributed by atoms with E-state index in [0.717, 1.165) is 16.9 Å². The van der Waals surface area contributed by atoms with Gasteiger partial charge in [0.1, 0.15) is 5.82 Å². The van der Waals surface area contributed by atoms with E-state index in [1.54, 1.807) is 6.07 Å². The van der Waals surface area contributed by atoms with Crippen molar-refractivity contribution in [3.05, 3.63) is 57.9 Å². The zero-order chi connectivity index (χ0) is 16.6. The fourth-order valence-electron chi connectivity index (χ4n) is 2.32. The Morgan fingerprint density at radius 2 is 2.09 bits per heavy atom. The van der Waals surface area contributed by atoms with Gasteiger partial charge in [0.2, 0.25) is 0 Å². The standard InChI is InChI=1S/C16H14N4O3/c1-10-18-13-8-12(6-7-14(13)19(10)2)17-9-11-4-3-5-15(16(11)21)20(22)23/h3-9,21H,1-2H3/p-1. The van der Waals surface area contributed by atoms with Crippen molar-refractivity contribution >= 4 is 28.6 Å². The van der Waals surface area contributed by atoms with Crippen LogP contribution in [0, 0.1) is 17.0 Å². The number of nitro groups is 1. The van der Waals surface area contributed by atoms with Gasteiger partial charge in [0, 0.05) is 19.3 Å². The van der Waals surface area contributed by atoms with Gasteiger partial charge >= 0.3 is 0 Å². The Hall–Kier alpha value is -3.22. The summed E-state index contributed by atoms with van der Waals surface area (Å²) in [5.74, 6) is 0.248. The zero-order valence-electron chi connectivity index (χ0n) is 12.6. The number of rotatable bonds is 3. The molecule has 3 aromatic rings. The second-order valence-corrected chi connectivity index (χ2v) is 5.10. The Bertz CT molecular complexity index is 944. The highest BCUT2D eigenvalue weighted by Crippen LogP contribution is 2.26. The van der Waals surface area contributed by atoms with Crippen LogP contribution in [0.3, 0.4) is 0 Å². The smallest absolute Gasteiger partial charge is 0.262 e. The van der Waals surface area contributed by atoms with E-state index in [4.69, 9.17) is 0 Å². The first-order chi connectivity index (χ1) is 11.0. The lowest BCUT2D eigenvalue weighted by Gasteiger charge is -2.09. The molecule has 7 nitrogen and oxygen atoms in total. The van der Waals surface area contributed by atoms with Crippen molar-refractivity contribution in [2.45, 2.75) is 6.92 Å². The predicted molar refractivity (Wildman–Crippen MR) is 85.2 cm³/mol. The molecule has 0 atom stereocenters. The molecular weight excluding hydrogens is 296 g/mol. The first kappa shape index (κ1) is 14.7. The van der Waals surface area contributed by atoms with Gasteiger partial charge in [0.25, 0.3) is 5.69 Å². The highest BCUT2D eigenvalue weighted by Gasteiger charge is 2.08. The summed E-state index contributed by atoms with van der Waals surface area (Å²) >= 11 is 0. The molecule has 2 aromatic carbocycles. The normalized spacial score (nSPS) is 11.4. The van der Waals surface area contributed by atoms with E-state index < -0.39 is 16.4 Å². The third kappa shape index (κ3) is 2.64. The molecule has 23 heavy (non-hydrogen) atoms. The highest BCUT2D eigenvalue weighted by atomic mass is 16.6. The van der Waals surface area contributed by atoms with Crippen LogP contribution in [-0.4, -0.2) is 20.7 Å². The Labute approximate surface area is 131 Å². The van der Waals surface area contributed by atoms with Crippen LogP contribution in [0.15, 0.2) is 41.4 Å². The lowest BCUT2D eigenvalue weighted by molar-refractivity contribution is -0.398. The summed E-state index contributed by atoms with van der Waals surface area (Å²) in [5.41, 5.74) is 2.14. The fraction of sp³-hybridized carbons (Fsp3) is 0.125. The van der Waals surface area contributed by atoms with Gasteiger partial charge in [-0.05, 0) is 36.4 Å². The molecule has 0 spiro atoms. The number of imidazole rings is 1. The molecule has 0 aliphatic heterocycles. The number of aliphatic imine (C=N–C) groups is 1. The van der Waals surface area contributed by atoms with Crippen LogP contribution in [0.1, 0.15) is 11.4 Å². The van der Waals surface area contributed by atoms with E-state index >= 15 is 0 Å². The number of nitrogens with zero attached hydrogens (tertiary/aromatic N) is 4. The van der Waals surface area contributed by atoms with Crippen LogP contribution in [-0.2, 0) is 7.05 Å². The average Bonchev–Trinajstić information content (AvgIpc) is 2.80. The van der Waals surface area contributed by atoms with Crippen molar-refractivity contribution in [1.29, 1.82) is 0 Å². The molecule has 116 valence electrons. The summed E-state index contributed by atoms with van der Waals surface area (Å²) in [6, 6.07) is 9.66. The number of hydrogen-bond donors (Lipinski definition) is 0. The lowest BCUT2D eigenvalue weighted by Crippen LogP contribution is -2.01. The maximum atomic E-state index is 11.9. The van der Waals surface area contributed by atoms with Crippen molar-refractivity contribution in [3.8, 4) is 5.75 Å². The van der Waals surface area contributed by atoms with Gasteiger partial charge in [0.05, 0.1) is 21.6 Å². The fourth-order valence-corrected chi connectivity index (χ4v) is 2.32. The third-order valence-corrected chi connectivity index (χ3v) is 3.66. The van der Waals surface area contributed by atoms with E-state index in [2.05, 4.69) is 9.98 Å². The van der Waals surface area contributed by atoms with Crippen LogP contribution in [0.4, 0.5) is 11.4 Å². The van der Waals surface area contributed by atoms with E-state index in [-0.39, 0.29) is 5.56 Å². The first-order valence-electron chi connectivity index (χ1n) is 6.89. The molecule has 1 aromatic heterocycles. The molecule has 0 bridgehead atoms. The molecular formula is C16H13N4O3-. The monoisotopic (exact) mass is 309 g/mol. The lowest BCUT2D eigenvalue weighted by atomic mass is 10.2. The van der Waals surface area contributed by atoms with E-state index in [9.17, 15) is 15.2 Å². The van der Waals surface area contributed by atoms with Gasteiger partial charge in [-0.2, -0.15) is 0 Å². The minimum Gasteiger partial charge on any atom is -0.867 e. The molecule has 0 amide bonds. The number of aromatic nitrogens is 2. The van der Waals surface area contributed by atoms with Gasteiger partial charge in [-0.25, -0.2) is 4.98 Å². The predicted octanol–water partition coefficient (Wildman–Crippen LogP) is 2.61. The highest BCUT2D eigenvalue weighted by molar-refractivity contribution is 5.88. The Morgan fingerprint density at radius 1 is 1.30 bits per heavy atom. The first-order valence-corrected chi connectivity index (χ1v) is 6.89. The van der Waals surface area contributed by atoms with Crippen LogP contribution in [0.5, 0.6) is 5.75 Å². The summed E-state index contributed by atoms with van der Waals surface area (Å²) in [6.45, 7) is 1.91. The van der Waals surface area contributed by atoms with Gasteiger partial charge in [-0.15, -0.1) is 0 Å². The van der Waals surface area contributed by atoms with Gasteiger partial charge in [-0.3, -0.25) is 15.1 Å². The van der Waals surface area contributed by atoms with E-state index in [1.807, 2.05) is 30.7 Å². The minimum atomic E-state index is -0.692. The molecule has 7 heteroatoms. The number of nitro benzene ring substituents is 1. The van der Waals surface area contributed by atoms with Crippen LogP contribution < -0.4 is 5.11 Å². The average molecular weight is 309 g/mol. The molecule has 0 fully saturated rings. The van der Waals surface area contributed by atoms with Crippen molar-refractivity contribution in [1.82, 2.24) is 9.55 Å². The minimum absolute atomic E-state index is 0.177. The molecule has 0 unspecified atom stereocenters. The summed E-state index contributed by atoms with van der Waals surface area (Å²) in [4.78, 5) is 18.7. The van der Waals surface area contributed by atoms with Crippen molar-refractivity contribution in [2.75, 3.05) is 0 Å². The third-order valence-electron chi connectivity index (χ3n) is 3.66. The van der Waals surface area contributed by atoms with Gasteiger partial charge < -0.3 is 9.67 Å². The molecule has 0 radical (unpaired) electrons. The second kappa shape index (κ2) is 5.53. The van der Waals surface area contributed by atoms with Crippen molar-refractivity contribution in [2.24, 2.45) is 12.0 Å². The van der Waals surface area contributed by atoms with Crippen molar-refractivity contribution < 1.29 is 10.0 Å². The number of fused-ring (bicyclic) bond motifs is 1. The van der Waals surface area contributed by atoms with Crippen LogP contribution >= 0.6 is 0 Å². The van der Waals surface area contributed by atoms with Gasteiger partial charge in [-0.1, -0.05) is 12.1 Å². The molecule has 0 N–H and O–H groups in total.